The number of halogens is 2. The van der Waals surface area contributed by atoms with Crippen LogP contribution in [0.15, 0.2) is 22.7 Å². The molecule has 0 unspecified atom stereocenters. The van der Waals surface area contributed by atoms with Gasteiger partial charge in [0.1, 0.15) is 0 Å². The van der Waals surface area contributed by atoms with Gasteiger partial charge in [0.15, 0.2) is 0 Å². The maximum atomic E-state index is 9.40. The van der Waals surface area contributed by atoms with E-state index in [1.165, 1.54) is 0 Å². The van der Waals surface area contributed by atoms with Crippen LogP contribution >= 0.6 is 27.5 Å². The van der Waals surface area contributed by atoms with Crippen LogP contribution in [-0.2, 0) is 0 Å². The average molecular weight is 250 g/mol. The minimum absolute atomic E-state index is 0.237. The normalized spacial score (nSPS) is 13.0. The molecule has 1 aromatic carbocycles. The van der Waals surface area contributed by atoms with Crippen LogP contribution in [0.2, 0.25) is 0 Å². The van der Waals surface area contributed by atoms with Crippen molar-refractivity contribution in [1.29, 1.82) is 0 Å². The fraction of sp³-hybridized carbons (Fsp3) is 0.333. The monoisotopic (exact) mass is 248 g/mol. The molecule has 0 spiro atoms. The van der Waals surface area contributed by atoms with Gasteiger partial charge >= 0.3 is 0 Å². The molecule has 0 saturated heterocycles. The van der Waals surface area contributed by atoms with Crippen LogP contribution < -0.4 is 0 Å². The van der Waals surface area contributed by atoms with Crippen molar-refractivity contribution in [2.45, 2.75) is 13.0 Å². The van der Waals surface area contributed by atoms with Crippen molar-refractivity contribution in [3.63, 3.8) is 0 Å². The Labute approximate surface area is 85.5 Å². The molecule has 0 radical (unpaired) electrons. The molecular formula is C9H10BrClO. The van der Waals surface area contributed by atoms with E-state index in [0.29, 0.717) is 0 Å². The van der Waals surface area contributed by atoms with E-state index in [0.717, 1.165) is 15.6 Å². The summed E-state index contributed by atoms with van der Waals surface area (Å²) in [6.45, 7) is 1.98. The maximum Gasteiger partial charge on any atom is 0.0925 e. The van der Waals surface area contributed by atoms with E-state index in [2.05, 4.69) is 15.9 Å². The molecular weight excluding hydrogens is 239 g/mol. The molecule has 0 bridgehead atoms. The lowest BCUT2D eigenvalue weighted by atomic mass is 10.1. The van der Waals surface area contributed by atoms with E-state index in [9.17, 15) is 5.11 Å². The number of aliphatic hydroxyl groups excluding tert-OH is 1. The van der Waals surface area contributed by atoms with Crippen molar-refractivity contribution in [2.24, 2.45) is 0 Å². The third-order valence-electron chi connectivity index (χ3n) is 1.71. The summed E-state index contributed by atoms with van der Waals surface area (Å²) in [5.74, 6) is 0.237. The van der Waals surface area contributed by atoms with Gasteiger partial charge in [0.05, 0.1) is 12.0 Å². The largest absolute Gasteiger partial charge is 0.387 e. The van der Waals surface area contributed by atoms with Gasteiger partial charge in [-0.15, -0.1) is 11.6 Å². The molecule has 1 aromatic rings. The number of alkyl halides is 1. The highest BCUT2D eigenvalue weighted by molar-refractivity contribution is 9.10. The van der Waals surface area contributed by atoms with E-state index in [-0.39, 0.29) is 5.88 Å². The number of hydrogen-bond donors (Lipinski definition) is 1. The Hall–Kier alpha value is -0.0500. The summed E-state index contributed by atoms with van der Waals surface area (Å²) >= 11 is 8.90. The van der Waals surface area contributed by atoms with Crippen molar-refractivity contribution in [1.82, 2.24) is 0 Å². The molecule has 0 aliphatic heterocycles. The Morgan fingerprint density at radius 2 is 2.25 bits per heavy atom. The lowest BCUT2D eigenvalue weighted by molar-refractivity contribution is 0.202. The summed E-state index contributed by atoms with van der Waals surface area (Å²) in [5.41, 5.74) is 1.97. The zero-order chi connectivity index (χ0) is 9.14. The molecule has 1 N–H and O–H groups in total. The van der Waals surface area contributed by atoms with Gasteiger partial charge in [0, 0.05) is 4.47 Å². The summed E-state index contributed by atoms with van der Waals surface area (Å²) in [6, 6.07) is 5.71. The topological polar surface area (TPSA) is 20.2 Å². The highest BCUT2D eigenvalue weighted by atomic mass is 79.9. The van der Waals surface area contributed by atoms with Crippen molar-refractivity contribution in [2.75, 3.05) is 5.88 Å². The van der Waals surface area contributed by atoms with Crippen LogP contribution in [0.25, 0.3) is 0 Å². The lowest BCUT2D eigenvalue weighted by Gasteiger charge is -2.08. The Bertz CT molecular complexity index is 275. The lowest BCUT2D eigenvalue weighted by Crippen LogP contribution is -1.98. The molecule has 0 fully saturated rings. The van der Waals surface area contributed by atoms with Gasteiger partial charge in [0.2, 0.25) is 0 Å². The molecule has 66 valence electrons. The van der Waals surface area contributed by atoms with Crippen molar-refractivity contribution < 1.29 is 5.11 Å². The van der Waals surface area contributed by atoms with Gasteiger partial charge in [-0.1, -0.05) is 28.1 Å². The Kier molecular flexibility index (Phi) is 3.56. The van der Waals surface area contributed by atoms with Crippen LogP contribution in [0.5, 0.6) is 0 Å². The first-order valence-electron chi connectivity index (χ1n) is 3.65. The molecule has 0 amide bonds. The molecule has 0 aliphatic carbocycles. The molecule has 0 heterocycles. The van der Waals surface area contributed by atoms with Crippen molar-refractivity contribution in [3.8, 4) is 0 Å². The first kappa shape index (κ1) is 10.0. The first-order valence-corrected chi connectivity index (χ1v) is 4.98. The van der Waals surface area contributed by atoms with Gasteiger partial charge < -0.3 is 5.11 Å². The number of aliphatic hydroxyl groups is 1. The average Bonchev–Trinajstić information content (AvgIpc) is 2.08. The summed E-state index contributed by atoms with van der Waals surface area (Å²) in [7, 11) is 0. The molecule has 0 aromatic heterocycles. The first-order chi connectivity index (χ1) is 5.65. The fourth-order valence-electron chi connectivity index (χ4n) is 0.964. The number of rotatable bonds is 2. The molecule has 1 atom stereocenters. The van der Waals surface area contributed by atoms with Crippen LogP contribution in [0, 0.1) is 6.92 Å². The van der Waals surface area contributed by atoms with E-state index >= 15 is 0 Å². The Morgan fingerprint density at radius 1 is 1.58 bits per heavy atom. The predicted molar refractivity (Wildman–Crippen MR) is 54.6 cm³/mol. The molecule has 1 nitrogen and oxygen atoms in total. The Balaban J connectivity index is 2.96. The molecule has 0 aliphatic rings. The SMILES string of the molecule is Cc1cc([C@@H](O)CCl)ccc1Br. The smallest absolute Gasteiger partial charge is 0.0925 e. The second kappa shape index (κ2) is 4.26. The number of benzene rings is 1. The van der Waals surface area contributed by atoms with Crippen LogP contribution in [0.1, 0.15) is 17.2 Å². The van der Waals surface area contributed by atoms with Gasteiger partial charge in [-0.25, -0.2) is 0 Å². The zero-order valence-electron chi connectivity index (χ0n) is 6.72. The van der Waals surface area contributed by atoms with Gasteiger partial charge in [-0.2, -0.15) is 0 Å². The van der Waals surface area contributed by atoms with E-state index in [1.807, 2.05) is 25.1 Å². The summed E-state index contributed by atoms with van der Waals surface area (Å²) in [6.07, 6.45) is -0.557. The second-order valence-corrected chi connectivity index (χ2v) is 3.84. The Morgan fingerprint density at radius 3 is 2.75 bits per heavy atom. The van der Waals surface area contributed by atoms with E-state index in [1.54, 1.807) is 0 Å². The molecule has 0 saturated carbocycles. The fourth-order valence-corrected chi connectivity index (χ4v) is 1.39. The summed E-state index contributed by atoms with van der Waals surface area (Å²) < 4.78 is 1.05. The number of aryl methyl sites for hydroxylation is 1. The second-order valence-electron chi connectivity index (χ2n) is 2.68. The van der Waals surface area contributed by atoms with Gasteiger partial charge in [-0.05, 0) is 24.1 Å². The standard InChI is InChI=1S/C9H10BrClO/c1-6-4-7(9(12)5-11)2-3-8(6)10/h2-4,9,12H,5H2,1H3/t9-/m0/s1. The summed E-state index contributed by atoms with van der Waals surface area (Å²) in [4.78, 5) is 0. The zero-order valence-corrected chi connectivity index (χ0v) is 9.06. The van der Waals surface area contributed by atoms with Crippen LogP contribution in [0.3, 0.4) is 0 Å². The minimum atomic E-state index is -0.557. The van der Waals surface area contributed by atoms with Gasteiger partial charge in [0.25, 0.3) is 0 Å². The van der Waals surface area contributed by atoms with Crippen molar-refractivity contribution in [3.05, 3.63) is 33.8 Å². The highest BCUT2D eigenvalue weighted by Gasteiger charge is 2.06. The van der Waals surface area contributed by atoms with Crippen LogP contribution in [0.4, 0.5) is 0 Å². The molecule has 1 rings (SSSR count). The maximum absolute atomic E-state index is 9.40. The molecule has 12 heavy (non-hydrogen) atoms. The number of hydrogen-bond acceptors (Lipinski definition) is 1. The quantitative estimate of drug-likeness (QED) is 0.799. The van der Waals surface area contributed by atoms with Gasteiger partial charge in [-0.3, -0.25) is 0 Å². The van der Waals surface area contributed by atoms with E-state index in [4.69, 9.17) is 11.6 Å². The predicted octanol–water partition coefficient (Wildman–Crippen LogP) is 3.03. The minimum Gasteiger partial charge on any atom is -0.387 e. The third-order valence-corrected chi connectivity index (χ3v) is 2.89. The highest BCUT2D eigenvalue weighted by Crippen LogP contribution is 2.21. The van der Waals surface area contributed by atoms with E-state index < -0.39 is 6.10 Å². The van der Waals surface area contributed by atoms with Crippen molar-refractivity contribution >= 4 is 27.5 Å². The molecule has 3 heteroatoms. The summed E-state index contributed by atoms with van der Waals surface area (Å²) in [5, 5.41) is 9.40. The third kappa shape index (κ3) is 2.22. The van der Waals surface area contributed by atoms with Crippen LogP contribution in [-0.4, -0.2) is 11.0 Å².